The molecule has 2 N–H and O–H groups in total. The van der Waals surface area contributed by atoms with Crippen molar-refractivity contribution in [3.63, 3.8) is 0 Å². The Labute approximate surface area is 92.0 Å². The minimum Gasteiger partial charge on any atom is -0.343 e. The van der Waals surface area contributed by atoms with E-state index >= 15 is 0 Å². The zero-order valence-electron chi connectivity index (χ0n) is 9.67. The molecule has 2 aliphatic rings. The van der Waals surface area contributed by atoms with Gasteiger partial charge in [-0.2, -0.15) is 0 Å². The first-order valence-electron chi connectivity index (χ1n) is 6.16. The molecule has 0 aromatic heterocycles. The maximum Gasteiger partial charge on any atom is 0.224 e. The third kappa shape index (κ3) is 2.51. The summed E-state index contributed by atoms with van der Waals surface area (Å²) in [7, 11) is 0. The molecule has 0 aromatic carbocycles. The highest BCUT2D eigenvalue weighted by molar-refractivity contribution is 5.77. The number of piperidine rings is 1. The van der Waals surface area contributed by atoms with Crippen molar-refractivity contribution in [2.45, 2.75) is 51.0 Å². The lowest BCUT2D eigenvalue weighted by atomic mass is 9.75. The van der Waals surface area contributed by atoms with Gasteiger partial charge in [-0.05, 0) is 38.0 Å². The minimum atomic E-state index is -0.153. The van der Waals surface area contributed by atoms with Crippen LogP contribution in [0.15, 0.2) is 0 Å². The monoisotopic (exact) mass is 210 g/mol. The van der Waals surface area contributed by atoms with Crippen LogP contribution >= 0.6 is 0 Å². The summed E-state index contributed by atoms with van der Waals surface area (Å²) in [5, 5.41) is 0. The molecule has 0 bridgehead atoms. The number of carbonyl (C=O) groups is 1. The lowest BCUT2D eigenvalue weighted by Crippen LogP contribution is -2.51. The van der Waals surface area contributed by atoms with Crippen molar-refractivity contribution in [2.75, 3.05) is 13.1 Å². The van der Waals surface area contributed by atoms with E-state index < -0.39 is 0 Å². The quantitative estimate of drug-likeness (QED) is 0.751. The van der Waals surface area contributed by atoms with Crippen molar-refractivity contribution in [1.29, 1.82) is 0 Å². The lowest BCUT2D eigenvalue weighted by molar-refractivity contribution is -0.134. The Morgan fingerprint density at radius 3 is 2.47 bits per heavy atom. The predicted molar refractivity (Wildman–Crippen MR) is 60.4 cm³/mol. The highest BCUT2D eigenvalue weighted by Gasteiger charge is 2.36. The van der Waals surface area contributed by atoms with Gasteiger partial charge in [0, 0.05) is 25.0 Å². The van der Waals surface area contributed by atoms with Crippen molar-refractivity contribution in [2.24, 2.45) is 11.7 Å². The summed E-state index contributed by atoms with van der Waals surface area (Å²) in [5.74, 6) is 1.06. The van der Waals surface area contributed by atoms with E-state index in [9.17, 15) is 4.79 Å². The van der Waals surface area contributed by atoms with Gasteiger partial charge in [-0.3, -0.25) is 4.79 Å². The van der Waals surface area contributed by atoms with Crippen LogP contribution < -0.4 is 5.73 Å². The number of nitrogens with two attached hydrogens (primary N) is 1. The van der Waals surface area contributed by atoms with E-state index in [1.54, 1.807) is 0 Å². The Morgan fingerprint density at radius 2 is 2.00 bits per heavy atom. The fourth-order valence-electron chi connectivity index (χ4n) is 2.48. The van der Waals surface area contributed by atoms with E-state index in [1.165, 1.54) is 6.42 Å². The summed E-state index contributed by atoms with van der Waals surface area (Å²) in [6.45, 7) is 4.14. The fraction of sp³-hybridized carbons (Fsp3) is 0.917. The summed E-state index contributed by atoms with van der Waals surface area (Å²) >= 11 is 0. The molecule has 1 aliphatic heterocycles. The van der Waals surface area contributed by atoms with Crippen LogP contribution in [0.4, 0.5) is 0 Å². The molecule has 15 heavy (non-hydrogen) atoms. The Bertz CT molecular complexity index is 240. The summed E-state index contributed by atoms with van der Waals surface area (Å²) in [6.07, 6.45) is 6.14. The zero-order valence-corrected chi connectivity index (χ0v) is 9.67. The zero-order chi connectivity index (χ0) is 10.9. The van der Waals surface area contributed by atoms with E-state index in [-0.39, 0.29) is 11.4 Å². The second kappa shape index (κ2) is 4.12. The van der Waals surface area contributed by atoms with Gasteiger partial charge in [0.1, 0.15) is 0 Å². The largest absolute Gasteiger partial charge is 0.343 e. The van der Waals surface area contributed by atoms with Gasteiger partial charge in [0.05, 0.1) is 0 Å². The second-order valence-corrected chi connectivity index (χ2v) is 5.46. The van der Waals surface area contributed by atoms with Gasteiger partial charge in [-0.25, -0.2) is 0 Å². The highest BCUT2D eigenvalue weighted by Crippen LogP contribution is 2.33. The minimum absolute atomic E-state index is 0.153. The maximum absolute atomic E-state index is 12.0. The van der Waals surface area contributed by atoms with E-state index in [1.807, 2.05) is 4.90 Å². The second-order valence-electron chi connectivity index (χ2n) is 5.46. The Morgan fingerprint density at radius 1 is 1.40 bits per heavy atom. The van der Waals surface area contributed by atoms with Gasteiger partial charge >= 0.3 is 0 Å². The van der Waals surface area contributed by atoms with Gasteiger partial charge < -0.3 is 10.6 Å². The van der Waals surface area contributed by atoms with Crippen LogP contribution in [0, 0.1) is 5.92 Å². The summed E-state index contributed by atoms with van der Waals surface area (Å²) in [4.78, 5) is 14.0. The van der Waals surface area contributed by atoms with E-state index in [0.29, 0.717) is 6.42 Å². The van der Waals surface area contributed by atoms with Crippen molar-refractivity contribution >= 4 is 5.91 Å². The fourth-order valence-corrected chi connectivity index (χ4v) is 2.48. The number of hydrogen-bond donors (Lipinski definition) is 1. The van der Waals surface area contributed by atoms with Gasteiger partial charge in [0.15, 0.2) is 0 Å². The van der Waals surface area contributed by atoms with E-state index in [0.717, 1.165) is 44.7 Å². The SMILES string of the molecule is CC1CCN(C(=O)CC2(N)CCC2)CC1. The van der Waals surface area contributed by atoms with Crippen LogP contribution in [-0.2, 0) is 4.79 Å². The average molecular weight is 210 g/mol. The molecule has 3 heteroatoms. The summed E-state index contributed by atoms with van der Waals surface area (Å²) < 4.78 is 0. The predicted octanol–water partition coefficient (Wildman–Crippen LogP) is 1.52. The third-order valence-corrected chi connectivity index (χ3v) is 3.99. The number of rotatable bonds is 2. The molecule has 0 unspecified atom stereocenters. The molecular formula is C12H22N2O. The van der Waals surface area contributed by atoms with Crippen molar-refractivity contribution in [3.8, 4) is 0 Å². The van der Waals surface area contributed by atoms with Gasteiger partial charge in [-0.1, -0.05) is 6.92 Å². The van der Waals surface area contributed by atoms with Crippen molar-refractivity contribution in [3.05, 3.63) is 0 Å². The normalized spacial score (nSPS) is 26.1. The molecule has 0 radical (unpaired) electrons. The first kappa shape index (κ1) is 10.9. The van der Waals surface area contributed by atoms with E-state index in [4.69, 9.17) is 5.73 Å². The first-order chi connectivity index (χ1) is 7.09. The first-order valence-corrected chi connectivity index (χ1v) is 6.16. The number of carbonyl (C=O) groups excluding carboxylic acids is 1. The summed E-state index contributed by atoms with van der Waals surface area (Å²) in [5.41, 5.74) is 5.94. The standard InChI is InChI=1S/C12H22N2O/c1-10-3-7-14(8-4-10)11(15)9-12(13)5-2-6-12/h10H,2-9,13H2,1H3. The molecule has 1 aliphatic carbocycles. The molecule has 2 fully saturated rings. The van der Waals surface area contributed by atoms with Crippen LogP contribution in [-0.4, -0.2) is 29.4 Å². The Balaban J connectivity index is 1.80. The van der Waals surface area contributed by atoms with Crippen LogP contribution in [0.3, 0.4) is 0 Å². The average Bonchev–Trinajstić information content (AvgIpc) is 2.16. The number of hydrogen-bond acceptors (Lipinski definition) is 2. The topological polar surface area (TPSA) is 46.3 Å². The van der Waals surface area contributed by atoms with Gasteiger partial charge in [0.25, 0.3) is 0 Å². The molecule has 0 spiro atoms. The Kier molecular flexibility index (Phi) is 3.01. The molecular weight excluding hydrogens is 188 g/mol. The molecule has 0 aromatic rings. The van der Waals surface area contributed by atoms with Gasteiger partial charge in [0.2, 0.25) is 5.91 Å². The van der Waals surface area contributed by atoms with Crippen LogP contribution in [0.25, 0.3) is 0 Å². The number of amides is 1. The van der Waals surface area contributed by atoms with Crippen LogP contribution in [0.5, 0.6) is 0 Å². The third-order valence-electron chi connectivity index (χ3n) is 3.99. The maximum atomic E-state index is 12.0. The molecule has 2 rings (SSSR count). The lowest BCUT2D eigenvalue weighted by Gasteiger charge is -2.40. The van der Waals surface area contributed by atoms with E-state index in [2.05, 4.69) is 6.92 Å². The van der Waals surface area contributed by atoms with Crippen LogP contribution in [0.2, 0.25) is 0 Å². The van der Waals surface area contributed by atoms with Crippen LogP contribution in [0.1, 0.15) is 45.4 Å². The Hall–Kier alpha value is -0.570. The highest BCUT2D eigenvalue weighted by atomic mass is 16.2. The van der Waals surface area contributed by atoms with Crippen molar-refractivity contribution in [1.82, 2.24) is 4.90 Å². The smallest absolute Gasteiger partial charge is 0.224 e. The summed E-state index contributed by atoms with van der Waals surface area (Å²) in [6, 6.07) is 0. The molecule has 1 saturated carbocycles. The number of nitrogens with zero attached hydrogens (tertiary/aromatic N) is 1. The molecule has 0 atom stereocenters. The molecule has 1 heterocycles. The number of likely N-dealkylation sites (tertiary alicyclic amines) is 1. The van der Waals surface area contributed by atoms with Crippen molar-refractivity contribution < 1.29 is 4.79 Å². The molecule has 86 valence electrons. The van der Waals surface area contributed by atoms with Gasteiger partial charge in [-0.15, -0.1) is 0 Å². The molecule has 1 saturated heterocycles. The molecule has 1 amide bonds. The molecule has 3 nitrogen and oxygen atoms in total.